The van der Waals surface area contributed by atoms with Gasteiger partial charge in [-0.05, 0) is 49.2 Å². The zero-order chi connectivity index (χ0) is 21.9. The molecule has 0 atom stereocenters. The highest BCUT2D eigenvalue weighted by atomic mass is 35.5. The quantitative estimate of drug-likeness (QED) is 0.487. The van der Waals surface area contributed by atoms with Gasteiger partial charge in [0.1, 0.15) is 5.82 Å². The Kier molecular flexibility index (Phi) is 7.02. The van der Waals surface area contributed by atoms with E-state index in [1.807, 2.05) is 24.5 Å². The second-order valence-electron chi connectivity index (χ2n) is 6.91. The summed E-state index contributed by atoms with van der Waals surface area (Å²) in [7, 11) is -3.57. The van der Waals surface area contributed by atoms with Crippen LogP contribution < -0.4 is 10.3 Å². The predicted octanol–water partition coefficient (Wildman–Crippen LogP) is 4.06. The molecule has 0 saturated heterocycles. The zero-order valence-corrected chi connectivity index (χ0v) is 18.9. The number of carbonyl (C=O) groups is 1. The van der Waals surface area contributed by atoms with Crippen LogP contribution in [0.5, 0.6) is 0 Å². The van der Waals surface area contributed by atoms with Gasteiger partial charge >= 0.3 is 0 Å². The number of hydrogen-bond acceptors (Lipinski definition) is 4. The average Bonchev–Trinajstić information content (AvgIpc) is 3.01. The lowest BCUT2D eigenvalue weighted by Crippen LogP contribution is -2.42. The Balaban J connectivity index is 1.85. The molecule has 10 heteroatoms. The van der Waals surface area contributed by atoms with Crippen molar-refractivity contribution in [1.82, 2.24) is 19.8 Å². The van der Waals surface area contributed by atoms with Crippen molar-refractivity contribution in [3.05, 3.63) is 63.4 Å². The summed E-state index contributed by atoms with van der Waals surface area (Å²) in [5.41, 5.74) is 4.89. The van der Waals surface area contributed by atoms with Crippen LogP contribution in [0.1, 0.15) is 41.5 Å². The lowest BCUT2D eigenvalue weighted by Gasteiger charge is -2.11. The van der Waals surface area contributed by atoms with Gasteiger partial charge < -0.3 is 4.57 Å². The molecule has 3 aromatic rings. The number of hydrogen-bond donors (Lipinski definition) is 2. The Morgan fingerprint density at radius 3 is 2.63 bits per heavy atom. The molecule has 0 radical (unpaired) electrons. The van der Waals surface area contributed by atoms with Crippen LogP contribution in [0.4, 0.5) is 0 Å². The number of benzene rings is 2. The summed E-state index contributed by atoms with van der Waals surface area (Å²) < 4.78 is 25.7. The van der Waals surface area contributed by atoms with E-state index >= 15 is 0 Å². The van der Waals surface area contributed by atoms with Crippen molar-refractivity contribution in [2.24, 2.45) is 0 Å². The molecule has 0 fully saturated rings. The third-order valence-electron chi connectivity index (χ3n) is 4.63. The average molecular weight is 469 g/mol. The van der Waals surface area contributed by atoms with Gasteiger partial charge in [0.2, 0.25) is 10.0 Å². The van der Waals surface area contributed by atoms with E-state index in [2.05, 4.69) is 15.2 Å². The fourth-order valence-corrected chi connectivity index (χ4v) is 4.47. The number of imidazole rings is 1. The summed E-state index contributed by atoms with van der Waals surface area (Å²) in [5.74, 6) is 0.164. The van der Waals surface area contributed by atoms with Gasteiger partial charge in [0, 0.05) is 15.6 Å². The Morgan fingerprint density at radius 1 is 1.17 bits per heavy atom. The van der Waals surface area contributed by atoms with Crippen molar-refractivity contribution in [2.45, 2.75) is 33.2 Å². The standard InChI is InChI=1S/C20H22Cl2N4O3S/c1-3-4-9-30(28,29)25-24-20(27)14-6-8-18-19(10-14)26(13(2)23-18)12-15-5-7-16(21)11-17(15)22/h5-8,10-11,25H,3-4,9,12H2,1-2H3,(H,24,27). The first-order chi connectivity index (χ1) is 14.2. The summed E-state index contributed by atoms with van der Waals surface area (Å²) in [6, 6.07) is 10.3. The molecule has 1 aromatic heterocycles. The normalized spacial score (nSPS) is 11.7. The van der Waals surface area contributed by atoms with Gasteiger partial charge in [0.25, 0.3) is 5.91 Å². The summed E-state index contributed by atoms with van der Waals surface area (Å²) in [4.78, 5) is 19.1. The number of unbranched alkanes of at least 4 members (excludes halogenated alkanes) is 1. The van der Waals surface area contributed by atoms with E-state index in [-0.39, 0.29) is 5.75 Å². The minimum atomic E-state index is -3.57. The number of nitrogens with zero attached hydrogens (tertiary/aromatic N) is 2. The van der Waals surface area contributed by atoms with E-state index in [1.54, 1.807) is 30.3 Å². The fraction of sp³-hybridized carbons (Fsp3) is 0.300. The molecule has 0 aliphatic heterocycles. The maximum Gasteiger partial charge on any atom is 0.266 e. The number of aromatic nitrogens is 2. The van der Waals surface area contributed by atoms with E-state index in [1.165, 1.54) is 0 Å². The molecule has 30 heavy (non-hydrogen) atoms. The highest BCUT2D eigenvalue weighted by Gasteiger charge is 2.15. The first-order valence-electron chi connectivity index (χ1n) is 9.41. The number of fused-ring (bicyclic) bond motifs is 1. The molecule has 0 aliphatic rings. The number of rotatable bonds is 8. The summed E-state index contributed by atoms with van der Waals surface area (Å²) >= 11 is 12.3. The van der Waals surface area contributed by atoms with Crippen LogP contribution in [0.2, 0.25) is 10.0 Å². The lowest BCUT2D eigenvalue weighted by atomic mass is 10.1. The number of nitrogens with one attached hydrogen (secondary N) is 2. The second-order valence-corrected chi connectivity index (χ2v) is 9.60. The van der Waals surface area contributed by atoms with E-state index in [9.17, 15) is 13.2 Å². The molecule has 7 nitrogen and oxygen atoms in total. The monoisotopic (exact) mass is 468 g/mol. The molecule has 2 aromatic carbocycles. The first kappa shape index (κ1) is 22.6. The van der Waals surface area contributed by atoms with Crippen molar-refractivity contribution < 1.29 is 13.2 Å². The molecule has 0 saturated carbocycles. The number of hydrazine groups is 1. The summed E-state index contributed by atoms with van der Waals surface area (Å²) in [5, 5.41) is 1.09. The van der Waals surface area contributed by atoms with Gasteiger partial charge in [-0.3, -0.25) is 10.2 Å². The van der Waals surface area contributed by atoms with Gasteiger partial charge in [-0.25, -0.2) is 13.4 Å². The van der Waals surface area contributed by atoms with Crippen LogP contribution in [-0.4, -0.2) is 29.6 Å². The van der Waals surface area contributed by atoms with Crippen molar-refractivity contribution in [1.29, 1.82) is 0 Å². The van der Waals surface area contributed by atoms with Crippen molar-refractivity contribution >= 4 is 50.2 Å². The Labute approximate surface area is 185 Å². The van der Waals surface area contributed by atoms with Crippen molar-refractivity contribution in [3.8, 4) is 0 Å². The van der Waals surface area contributed by atoms with Crippen LogP contribution in [0.15, 0.2) is 36.4 Å². The molecular formula is C20H22Cl2N4O3S. The Hall–Kier alpha value is -2.13. The summed E-state index contributed by atoms with van der Waals surface area (Å²) in [6.45, 7) is 4.21. The number of carbonyl (C=O) groups excluding carboxylic acids is 1. The Morgan fingerprint density at radius 2 is 1.93 bits per heavy atom. The molecule has 0 bridgehead atoms. The molecule has 1 heterocycles. The lowest BCUT2D eigenvalue weighted by molar-refractivity contribution is 0.0945. The molecule has 160 valence electrons. The summed E-state index contributed by atoms with van der Waals surface area (Å²) in [6.07, 6.45) is 1.26. The third kappa shape index (κ3) is 5.31. The second kappa shape index (κ2) is 9.34. The van der Waals surface area contributed by atoms with Crippen LogP contribution >= 0.6 is 23.2 Å². The molecule has 1 amide bonds. The first-order valence-corrected chi connectivity index (χ1v) is 11.8. The molecule has 3 rings (SSSR count). The third-order valence-corrected chi connectivity index (χ3v) is 6.46. The maximum absolute atomic E-state index is 12.5. The number of amides is 1. The minimum absolute atomic E-state index is 0.0450. The van der Waals surface area contributed by atoms with Gasteiger partial charge in [-0.1, -0.05) is 42.6 Å². The molecule has 0 spiro atoms. The minimum Gasteiger partial charge on any atom is -0.324 e. The maximum atomic E-state index is 12.5. The van der Waals surface area contributed by atoms with E-state index in [4.69, 9.17) is 23.2 Å². The van der Waals surface area contributed by atoms with Gasteiger partial charge in [-0.2, -0.15) is 0 Å². The van der Waals surface area contributed by atoms with Crippen molar-refractivity contribution in [2.75, 3.05) is 5.75 Å². The number of sulfonamides is 1. The SMILES string of the molecule is CCCCS(=O)(=O)NNC(=O)c1ccc2nc(C)n(Cc3ccc(Cl)cc3Cl)c2c1. The van der Waals surface area contributed by atoms with E-state index < -0.39 is 15.9 Å². The van der Waals surface area contributed by atoms with Crippen LogP contribution in [0.25, 0.3) is 11.0 Å². The molecule has 2 N–H and O–H groups in total. The molecule has 0 unspecified atom stereocenters. The largest absolute Gasteiger partial charge is 0.324 e. The highest BCUT2D eigenvalue weighted by molar-refractivity contribution is 7.89. The number of aryl methyl sites for hydroxylation is 1. The zero-order valence-electron chi connectivity index (χ0n) is 16.6. The Bertz CT molecular complexity index is 1190. The smallest absolute Gasteiger partial charge is 0.266 e. The van der Waals surface area contributed by atoms with Crippen molar-refractivity contribution in [3.63, 3.8) is 0 Å². The molecule has 0 aliphatic carbocycles. The number of halogens is 2. The fourth-order valence-electron chi connectivity index (χ4n) is 2.99. The van der Waals surface area contributed by atoms with Gasteiger partial charge in [0.05, 0.1) is 23.3 Å². The van der Waals surface area contributed by atoms with Gasteiger partial charge in [0.15, 0.2) is 0 Å². The predicted molar refractivity (Wildman–Crippen MR) is 119 cm³/mol. The van der Waals surface area contributed by atoms with E-state index in [0.29, 0.717) is 28.6 Å². The topological polar surface area (TPSA) is 93.1 Å². The van der Waals surface area contributed by atoms with Crippen LogP contribution in [0, 0.1) is 6.92 Å². The van der Waals surface area contributed by atoms with Crippen LogP contribution in [0.3, 0.4) is 0 Å². The molecular weight excluding hydrogens is 447 g/mol. The van der Waals surface area contributed by atoms with Crippen LogP contribution in [-0.2, 0) is 16.6 Å². The van der Waals surface area contributed by atoms with Gasteiger partial charge in [-0.15, -0.1) is 4.83 Å². The van der Waals surface area contributed by atoms with E-state index in [0.717, 1.165) is 28.8 Å². The highest BCUT2D eigenvalue weighted by Crippen LogP contribution is 2.25.